The molecule has 0 atom stereocenters. The molecule has 24 heavy (non-hydrogen) atoms. The Kier molecular flexibility index (Phi) is 3.96. The van der Waals surface area contributed by atoms with Crippen molar-refractivity contribution >= 4 is 23.3 Å². The Morgan fingerprint density at radius 2 is 1.88 bits per heavy atom. The van der Waals surface area contributed by atoms with Gasteiger partial charge in [-0.15, -0.1) is 0 Å². The van der Waals surface area contributed by atoms with Crippen LogP contribution < -0.4 is 10.3 Å². The molecule has 0 aliphatic carbocycles. The van der Waals surface area contributed by atoms with Gasteiger partial charge in [0.1, 0.15) is 11.3 Å². The van der Waals surface area contributed by atoms with Crippen LogP contribution in [0, 0.1) is 11.7 Å². The van der Waals surface area contributed by atoms with Gasteiger partial charge in [-0.25, -0.2) is 0 Å². The Morgan fingerprint density at radius 1 is 1.21 bits per heavy atom. The third kappa shape index (κ3) is 3.07. The number of nitrogens with zero attached hydrogens (tertiary/aromatic N) is 1. The molecule has 2 heterocycles. The molecule has 1 aromatic carbocycles. The molecular weight excluding hydrogens is 343 g/mol. The minimum Gasteiger partial charge on any atom is -0.484 e. The molecule has 0 amide bonds. The molecule has 3 rings (SSSR count). The van der Waals surface area contributed by atoms with Crippen molar-refractivity contribution in [3.05, 3.63) is 51.2 Å². The summed E-state index contributed by atoms with van der Waals surface area (Å²) in [5, 5.41) is 0. The molecule has 0 spiro atoms. The fourth-order valence-corrected chi connectivity index (χ4v) is 2.60. The van der Waals surface area contributed by atoms with Crippen molar-refractivity contribution in [1.82, 2.24) is 14.5 Å². The molecule has 0 fully saturated rings. The first-order chi connectivity index (χ1) is 11.3. The number of H-pyrrole nitrogens is 2. The Balaban J connectivity index is 1.99. The van der Waals surface area contributed by atoms with Crippen LogP contribution in [0.5, 0.6) is 5.75 Å². The van der Waals surface area contributed by atoms with E-state index in [1.54, 1.807) is 6.20 Å². The van der Waals surface area contributed by atoms with Crippen LogP contribution >= 0.6 is 12.2 Å². The van der Waals surface area contributed by atoms with Crippen molar-refractivity contribution in [2.24, 2.45) is 0 Å². The summed E-state index contributed by atoms with van der Waals surface area (Å²) in [7, 11) is 0. The number of rotatable bonds is 3. The van der Waals surface area contributed by atoms with Crippen LogP contribution in [0.3, 0.4) is 0 Å². The Labute approximate surface area is 138 Å². The van der Waals surface area contributed by atoms with E-state index >= 15 is 0 Å². The first kappa shape index (κ1) is 16.3. The summed E-state index contributed by atoms with van der Waals surface area (Å²) >= 11 is 5.22. The zero-order valence-electron chi connectivity index (χ0n) is 12.4. The van der Waals surface area contributed by atoms with E-state index in [9.17, 15) is 18.0 Å². The van der Waals surface area contributed by atoms with Crippen LogP contribution in [0.1, 0.15) is 5.56 Å². The van der Waals surface area contributed by atoms with E-state index in [4.69, 9.17) is 12.2 Å². The van der Waals surface area contributed by atoms with Gasteiger partial charge in [-0.05, 0) is 49.0 Å². The number of aromatic nitrogens is 3. The minimum absolute atomic E-state index is 0.0517. The van der Waals surface area contributed by atoms with Gasteiger partial charge in [0, 0.05) is 6.20 Å². The van der Waals surface area contributed by atoms with Crippen LogP contribution in [0.25, 0.3) is 16.7 Å². The normalized spacial score (nSPS) is 11.8. The Bertz CT molecular complexity index is 1000. The summed E-state index contributed by atoms with van der Waals surface area (Å²) in [6, 6.07) is 5.65. The zero-order chi connectivity index (χ0) is 17.5. The molecule has 0 aliphatic rings. The van der Waals surface area contributed by atoms with Gasteiger partial charge in [-0.1, -0.05) is 0 Å². The summed E-state index contributed by atoms with van der Waals surface area (Å²) in [6.45, 7) is 0.459. The van der Waals surface area contributed by atoms with Gasteiger partial charge >= 0.3 is 6.18 Å². The number of aromatic amines is 2. The quantitative estimate of drug-likeness (QED) is 0.706. The number of hydrogen-bond acceptors (Lipinski definition) is 3. The molecule has 0 saturated carbocycles. The first-order valence-corrected chi connectivity index (χ1v) is 7.30. The molecule has 3 aromatic rings. The molecule has 5 nitrogen and oxygen atoms in total. The lowest BCUT2D eigenvalue weighted by atomic mass is 10.3. The van der Waals surface area contributed by atoms with E-state index in [1.807, 2.05) is 6.92 Å². The van der Waals surface area contributed by atoms with Crippen LogP contribution in [-0.2, 0) is 0 Å². The highest BCUT2D eigenvalue weighted by molar-refractivity contribution is 7.71. The molecular formula is C15H12F3N3O2S. The molecule has 0 bridgehead atoms. The lowest BCUT2D eigenvalue weighted by Crippen LogP contribution is -2.21. The van der Waals surface area contributed by atoms with Gasteiger partial charge in [-0.3, -0.25) is 9.36 Å². The first-order valence-electron chi connectivity index (χ1n) is 6.89. The van der Waals surface area contributed by atoms with E-state index in [1.165, 1.54) is 28.8 Å². The van der Waals surface area contributed by atoms with Crippen molar-refractivity contribution in [1.29, 1.82) is 0 Å². The predicted molar refractivity (Wildman–Crippen MR) is 85.4 cm³/mol. The molecule has 2 aromatic heterocycles. The van der Waals surface area contributed by atoms with E-state index in [0.717, 1.165) is 5.56 Å². The molecule has 126 valence electrons. The molecule has 0 aliphatic heterocycles. The number of ether oxygens (including phenoxy) is 1. The second kappa shape index (κ2) is 5.82. The topological polar surface area (TPSA) is 62.8 Å². The molecule has 2 N–H and O–H groups in total. The maximum absolute atomic E-state index is 12.6. The Morgan fingerprint density at radius 3 is 2.50 bits per heavy atom. The molecule has 0 saturated heterocycles. The number of hydrogen-bond donors (Lipinski definition) is 2. The molecule has 0 radical (unpaired) electrons. The summed E-state index contributed by atoms with van der Waals surface area (Å²) in [6.07, 6.45) is -2.72. The van der Waals surface area contributed by atoms with Gasteiger partial charge in [0.2, 0.25) is 0 Å². The highest BCUT2D eigenvalue weighted by Gasteiger charge is 2.28. The van der Waals surface area contributed by atoms with Crippen molar-refractivity contribution in [3.8, 4) is 11.4 Å². The van der Waals surface area contributed by atoms with Gasteiger partial charge in [0.25, 0.3) is 5.56 Å². The van der Waals surface area contributed by atoms with Gasteiger partial charge < -0.3 is 14.7 Å². The molecule has 0 unspecified atom stereocenters. The third-order valence-electron chi connectivity index (χ3n) is 3.43. The van der Waals surface area contributed by atoms with Crippen molar-refractivity contribution in [2.45, 2.75) is 13.1 Å². The van der Waals surface area contributed by atoms with Crippen LogP contribution in [0.4, 0.5) is 13.2 Å². The average Bonchev–Trinajstić information content (AvgIpc) is 2.87. The summed E-state index contributed by atoms with van der Waals surface area (Å²) < 4.78 is 42.6. The smallest absolute Gasteiger partial charge is 0.422 e. The van der Waals surface area contributed by atoms with E-state index in [-0.39, 0.29) is 16.1 Å². The Hall–Kier alpha value is -2.55. The van der Waals surface area contributed by atoms with Crippen LogP contribution in [0.15, 0.2) is 35.3 Å². The largest absolute Gasteiger partial charge is 0.484 e. The van der Waals surface area contributed by atoms with Crippen molar-refractivity contribution in [3.63, 3.8) is 0 Å². The van der Waals surface area contributed by atoms with E-state index in [2.05, 4.69) is 14.7 Å². The lowest BCUT2D eigenvalue weighted by Gasteiger charge is -2.10. The summed E-state index contributed by atoms with van der Waals surface area (Å²) in [5.41, 5.74) is 1.95. The lowest BCUT2D eigenvalue weighted by molar-refractivity contribution is -0.153. The SMILES string of the molecule is Cc1c[nH]c2c(=O)n(-c3ccc(OCC(F)(F)F)cc3)c(=S)[nH]c12. The zero-order valence-corrected chi connectivity index (χ0v) is 13.2. The number of alkyl halides is 3. The fourth-order valence-electron chi connectivity index (χ4n) is 2.31. The number of nitrogens with one attached hydrogen (secondary N) is 2. The number of benzene rings is 1. The second-order valence-electron chi connectivity index (χ2n) is 5.19. The van der Waals surface area contributed by atoms with Crippen LogP contribution in [0.2, 0.25) is 0 Å². The highest BCUT2D eigenvalue weighted by atomic mass is 32.1. The third-order valence-corrected chi connectivity index (χ3v) is 3.71. The maximum Gasteiger partial charge on any atom is 0.422 e. The fraction of sp³-hybridized carbons (Fsp3) is 0.200. The number of aryl methyl sites for hydroxylation is 1. The standard InChI is InChI=1S/C15H12F3N3O2S/c1-8-6-19-12-11(8)20-14(24)21(13(12)22)9-2-4-10(5-3-9)23-7-15(16,17)18/h2-6,19H,7H2,1H3,(H,20,24). The second-order valence-corrected chi connectivity index (χ2v) is 5.58. The van der Waals surface area contributed by atoms with Crippen molar-refractivity contribution < 1.29 is 17.9 Å². The summed E-state index contributed by atoms with van der Waals surface area (Å²) in [4.78, 5) is 18.4. The van der Waals surface area contributed by atoms with Crippen molar-refractivity contribution in [2.75, 3.05) is 6.61 Å². The van der Waals surface area contributed by atoms with Gasteiger partial charge in [0.15, 0.2) is 11.4 Å². The highest BCUT2D eigenvalue weighted by Crippen LogP contribution is 2.20. The van der Waals surface area contributed by atoms with Crippen LogP contribution in [-0.4, -0.2) is 27.3 Å². The maximum atomic E-state index is 12.6. The predicted octanol–water partition coefficient (Wildman–Crippen LogP) is 3.63. The molecule has 9 heteroatoms. The van der Waals surface area contributed by atoms with E-state index in [0.29, 0.717) is 16.7 Å². The monoisotopic (exact) mass is 355 g/mol. The van der Waals surface area contributed by atoms with Gasteiger partial charge in [-0.2, -0.15) is 13.2 Å². The minimum atomic E-state index is -4.41. The van der Waals surface area contributed by atoms with E-state index < -0.39 is 12.8 Å². The number of halogens is 3. The summed E-state index contributed by atoms with van der Waals surface area (Å²) in [5.74, 6) is 0.0517. The van der Waals surface area contributed by atoms with Gasteiger partial charge in [0.05, 0.1) is 11.2 Å². The average molecular weight is 355 g/mol. The number of fused-ring (bicyclic) bond motifs is 1.